The van der Waals surface area contributed by atoms with Gasteiger partial charge in [0.15, 0.2) is 0 Å². The molecular formula is C13H8F2O3. The van der Waals surface area contributed by atoms with E-state index < -0.39 is 17.6 Å². The van der Waals surface area contributed by atoms with Crippen molar-refractivity contribution in [3.05, 3.63) is 53.8 Å². The Labute approximate surface area is 101 Å². The van der Waals surface area contributed by atoms with E-state index in [4.69, 9.17) is 9.52 Å². The minimum Gasteiger partial charge on any atom is -0.478 e. The molecule has 0 aliphatic heterocycles. The predicted molar refractivity (Wildman–Crippen MR) is 60.7 cm³/mol. The smallest absolute Gasteiger partial charge is 0.328 e. The molecule has 1 heterocycles. The SMILES string of the molecule is O=C(O)C=Cc1ccc(-c2ccc(F)cc2F)o1. The standard InChI is InChI=1S/C13H8F2O3/c14-8-1-4-10(11(15)7-8)12-5-2-9(18-12)3-6-13(16)17/h1-7H,(H,16,17). The molecule has 0 aliphatic rings. The topological polar surface area (TPSA) is 50.4 Å². The molecule has 0 unspecified atom stereocenters. The fourth-order valence-corrected chi connectivity index (χ4v) is 1.43. The van der Waals surface area contributed by atoms with E-state index in [1.165, 1.54) is 24.3 Å². The van der Waals surface area contributed by atoms with E-state index in [-0.39, 0.29) is 17.1 Å². The van der Waals surface area contributed by atoms with E-state index in [0.717, 1.165) is 18.2 Å². The molecule has 0 aliphatic carbocycles. The number of hydrogen-bond donors (Lipinski definition) is 1. The summed E-state index contributed by atoms with van der Waals surface area (Å²) >= 11 is 0. The van der Waals surface area contributed by atoms with Crippen molar-refractivity contribution in [3.8, 4) is 11.3 Å². The summed E-state index contributed by atoms with van der Waals surface area (Å²) in [7, 11) is 0. The van der Waals surface area contributed by atoms with Gasteiger partial charge in [-0.05, 0) is 30.3 Å². The monoisotopic (exact) mass is 250 g/mol. The lowest BCUT2D eigenvalue weighted by atomic mass is 10.1. The number of furan rings is 1. The fourth-order valence-electron chi connectivity index (χ4n) is 1.43. The highest BCUT2D eigenvalue weighted by atomic mass is 19.1. The Kier molecular flexibility index (Phi) is 3.23. The van der Waals surface area contributed by atoms with Gasteiger partial charge >= 0.3 is 5.97 Å². The van der Waals surface area contributed by atoms with Gasteiger partial charge in [0.1, 0.15) is 23.2 Å². The van der Waals surface area contributed by atoms with E-state index in [2.05, 4.69) is 0 Å². The number of carboxylic acid groups (broad SMARTS) is 1. The van der Waals surface area contributed by atoms with Gasteiger partial charge in [-0.2, -0.15) is 0 Å². The number of rotatable bonds is 3. The van der Waals surface area contributed by atoms with Crippen molar-refractivity contribution in [1.82, 2.24) is 0 Å². The molecule has 1 N–H and O–H groups in total. The summed E-state index contributed by atoms with van der Waals surface area (Å²) < 4.78 is 31.4. The van der Waals surface area contributed by atoms with Gasteiger partial charge in [0.05, 0.1) is 5.56 Å². The summed E-state index contributed by atoms with van der Waals surface area (Å²) in [5.74, 6) is -2.04. The number of aliphatic carboxylic acids is 1. The van der Waals surface area contributed by atoms with Crippen molar-refractivity contribution in [1.29, 1.82) is 0 Å². The molecule has 92 valence electrons. The fraction of sp³-hybridized carbons (Fsp3) is 0. The summed E-state index contributed by atoms with van der Waals surface area (Å²) in [5, 5.41) is 8.44. The van der Waals surface area contributed by atoms with Crippen LogP contribution in [0.4, 0.5) is 8.78 Å². The van der Waals surface area contributed by atoms with Crippen LogP contribution in [-0.4, -0.2) is 11.1 Å². The summed E-state index contributed by atoms with van der Waals surface area (Å²) in [6.07, 6.45) is 2.15. The van der Waals surface area contributed by atoms with Gasteiger partial charge in [0.25, 0.3) is 0 Å². The molecule has 5 heteroatoms. The maximum Gasteiger partial charge on any atom is 0.328 e. The average Bonchev–Trinajstić information content (AvgIpc) is 2.75. The summed E-state index contributed by atoms with van der Waals surface area (Å²) in [6, 6.07) is 6.11. The minimum absolute atomic E-state index is 0.117. The molecule has 2 rings (SSSR count). The highest BCUT2D eigenvalue weighted by molar-refractivity contribution is 5.84. The first-order valence-corrected chi connectivity index (χ1v) is 5.02. The van der Waals surface area contributed by atoms with Gasteiger partial charge in [0, 0.05) is 12.1 Å². The molecule has 1 aromatic carbocycles. The van der Waals surface area contributed by atoms with E-state index in [1.807, 2.05) is 0 Å². The highest BCUT2D eigenvalue weighted by Crippen LogP contribution is 2.25. The Morgan fingerprint density at radius 1 is 1.22 bits per heavy atom. The third-order valence-electron chi connectivity index (χ3n) is 2.21. The number of benzene rings is 1. The second-order valence-electron chi connectivity index (χ2n) is 3.50. The van der Waals surface area contributed by atoms with Crippen LogP contribution in [0.25, 0.3) is 17.4 Å². The van der Waals surface area contributed by atoms with Gasteiger partial charge in [-0.3, -0.25) is 0 Å². The zero-order valence-corrected chi connectivity index (χ0v) is 9.06. The molecule has 0 saturated carbocycles. The molecule has 1 aromatic heterocycles. The number of hydrogen-bond acceptors (Lipinski definition) is 2. The van der Waals surface area contributed by atoms with E-state index in [0.29, 0.717) is 0 Å². The van der Waals surface area contributed by atoms with Crippen molar-refractivity contribution in [2.75, 3.05) is 0 Å². The maximum absolute atomic E-state index is 13.4. The van der Waals surface area contributed by atoms with Crippen molar-refractivity contribution in [2.24, 2.45) is 0 Å². The zero-order chi connectivity index (χ0) is 13.1. The predicted octanol–water partition coefficient (Wildman–Crippen LogP) is 3.32. The van der Waals surface area contributed by atoms with Crippen LogP contribution in [0.15, 0.2) is 40.8 Å². The van der Waals surface area contributed by atoms with Crippen LogP contribution in [0, 0.1) is 11.6 Å². The maximum atomic E-state index is 13.4. The molecule has 0 saturated heterocycles. The molecule has 0 amide bonds. The highest BCUT2D eigenvalue weighted by Gasteiger charge is 2.09. The molecule has 2 aromatic rings. The van der Waals surface area contributed by atoms with Gasteiger partial charge in [0.2, 0.25) is 0 Å². The lowest BCUT2D eigenvalue weighted by Crippen LogP contribution is -1.85. The van der Waals surface area contributed by atoms with Crippen molar-refractivity contribution in [2.45, 2.75) is 0 Å². The molecule has 18 heavy (non-hydrogen) atoms. The van der Waals surface area contributed by atoms with Crippen LogP contribution >= 0.6 is 0 Å². The second kappa shape index (κ2) is 4.83. The number of halogens is 2. The van der Waals surface area contributed by atoms with Gasteiger partial charge in [-0.25, -0.2) is 13.6 Å². The lowest BCUT2D eigenvalue weighted by Gasteiger charge is -1.98. The van der Waals surface area contributed by atoms with Crippen molar-refractivity contribution >= 4 is 12.0 Å². The summed E-state index contributed by atoms with van der Waals surface area (Å²) in [6.45, 7) is 0. The van der Waals surface area contributed by atoms with Gasteiger partial charge < -0.3 is 9.52 Å². The first kappa shape index (κ1) is 12.0. The summed E-state index contributed by atoms with van der Waals surface area (Å²) in [4.78, 5) is 10.3. The molecule has 0 bridgehead atoms. The van der Waals surface area contributed by atoms with Gasteiger partial charge in [-0.1, -0.05) is 0 Å². The van der Waals surface area contributed by atoms with E-state index >= 15 is 0 Å². The zero-order valence-electron chi connectivity index (χ0n) is 9.06. The second-order valence-corrected chi connectivity index (χ2v) is 3.50. The quantitative estimate of drug-likeness (QED) is 0.850. The lowest BCUT2D eigenvalue weighted by molar-refractivity contribution is -0.131. The van der Waals surface area contributed by atoms with Crippen LogP contribution in [0.2, 0.25) is 0 Å². The minimum atomic E-state index is -1.11. The van der Waals surface area contributed by atoms with Gasteiger partial charge in [-0.15, -0.1) is 0 Å². The van der Waals surface area contributed by atoms with Crippen LogP contribution in [0.3, 0.4) is 0 Å². The van der Waals surface area contributed by atoms with Crippen molar-refractivity contribution < 1.29 is 23.1 Å². The Morgan fingerprint density at radius 2 is 2.00 bits per heavy atom. The molecule has 0 atom stereocenters. The normalized spacial score (nSPS) is 11.0. The third kappa shape index (κ3) is 2.63. The molecular weight excluding hydrogens is 242 g/mol. The first-order valence-electron chi connectivity index (χ1n) is 5.02. The average molecular weight is 250 g/mol. The van der Waals surface area contributed by atoms with E-state index in [9.17, 15) is 13.6 Å². The van der Waals surface area contributed by atoms with Crippen LogP contribution in [0.1, 0.15) is 5.76 Å². The Balaban J connectivity index is 2.32. The van der Waals surface area contributed by atoms with Crippen molar-refractivity contribution in [3.63, 3.8) is 0 Å². The summed E-state index contributed by atoms with van der Waals surface area (Å²) in [5.41, 5.74) is 0.117. The van der Waals surface area contributed by atoms with E-state index in [1.54, 1.807) is 0 Å². The van der Waals surface area contributed by atoms with Crippen LogP contribution in [0.5, 0.6) is 0 Å². The number of carboxylic acids is 1. The largest absolute Gasteiger partial charge is 0.478 e. The van der Waals surface area contributed by atoms with Crippen LogP contribution in [-0.2, 0) is 4.79 Å². The van der Waals surface area contributed by atoms with Crippen LogP contribution < -0.4 is 0 Å². The Hall–Kier alpha value is -2.43. The molecule has 0 spiro atoms. The molecule has 3 nitrogen and oxygen atoms in total. The molecule has 0 fully saturated rings. The molecule has 0 radical (unpaired) electrons. The third-order valence-corrected chi connectivity index (χ3v) is 2.21. The number of carbonyl (C=O) groups is 1. The first-order chi connectivity index (χ1) is 8.56. The Bertz CT molecular complexity index is 614. The Morgan fingerprint density at radius 3 is 2.67 bits per heavy atom.